The molecule has 0 amide bonds. The minimum Gasteiger partial charge on any atom is -0.468 e. The van der Waals surface area contributed by atoms with Gasteiger partial charge in [-0.2, -0.15) is 5.10 Å². The van der Waals surface area contributed by atoms with Crippen LogP contribution in [0.4, 0.5) is 0 Å². The van der Waals surface area contributed by atoms with Gasteiger partial charge in [-0.05, 0) is 31.7 Å². The SMILES string of the molecule is COC(=O)C1C(C)=NC2=C(C(=O)CC(C)(C)C2)[C@H]1c1cc(C)nn1C. The fraction of sp³-hybridized carbons (Fsp3) is 0.579. The molecular weight excluding hydrogens is 318 g/mol. The summed E-state index contributed by atoms with van der Waals surface area (Å²) in [7, 11) is 3.21. The van der Waals surface area contributed by atoms with Crippen LogP contribution < -0.4 is 0 Å². The Balaban J connectivity index is 2.22. The summed E-state index contributed by atoms with van der Waals surface area (Å²) in [6, 6.07) is 1.94. The van der Waals surface area contributed by atoms with Gasteiger partial charge in [-0.3, -0.25) is 19.3 Å². The molecule has 0 radical (unpaired) electrons. The Labute approximate surface area is 148 Å². The summed E-state index contributed by atoms with van der Waals surface area (Å²) in [6.45, 7) is 7.90. The summed E-state index contributed by atoms with van der Waals surface area (Å²) in [5.41, 5.74) is 3.74. The number of hydrogen-bond acceptors (Lipinski definition) is 5. The Kier molecular flexibility index (Phi) is 4.17. The Bertz CT molecular complexity index is 814. The first-order chi connectivity index (χ1) is 11.6. The first-order valence-electron chi connectivity index (χ1n) is 8.54. The Morgan fingerprint density at radius 3 is 2.56 bits per heavy atom. The molecule has 3 rings (SSSR count). The highest BCUT2D eigenvalue weighted by Crippen LogP contribution is 2.47. The van der Waals surface area contributed by atoms with Crippen LogP contribution in [-0.2, 0) is 21.4 Å². The van der Waals surface area contributed by atoms with Gasteiger partial charge in [0.1, 0.15) is 5.92 Å². The smallest absolute Gasteiger partial charge is 0.315 e. The van der Waals surface area contributed by atoms with Gasteiger partial charge >= 0.3 is 5.97 Å². The minimum absolute atomic E-state index is 0.0697. The summed E-state index contributed by atoms with van der Waals surface area (Å²) in [6.07, 6.45) is 1.19. The van der Waals surface area contributed by atoms with Gasteiger partial charge in [0.25, 0.3) is 0 Å². The van der Waals surface area contributed by atoms with Crippen molar-refractivity contribution >= 4 is 17.5 Å². The highest BCUT2D eigenvalue weighted by molar-refractivity contribution is 6.08. The van der Waals surface area contributed by atoms with Crippen LogP contribution in [0.3, 0.4) is 0 Å². The van der Waals surface area contributed by atoms with Gasteiger partial charge in [0, 0.05) is 42.1 Å². The second-order valence-corrected chi connectivity index (χ2v) is 7.87. The molecule has 0 spiro atoms. The number of Topliss-reactive ketones (excluding diaryl/α,β-unsaturated/α-hetero) is 1. The molecule has 25 heavy (non-hydrogen) atoms. The lowest BCUT2D eigenvalue weighted by molar-refractivity contribution is -0.143. The van der Waals surface area contributed by atoms with Crippen molar-refractivity contribution in [3.8, 4) is 0 Å². The summed E-state index contributed by atoms with van der Waals surface area (Å²) >= 11 is 0. The zero-order chi connectivity index (χ0) is 18.5. The average molecular weight is 343 g/mol. The van der Waals surface area contributed by atoms with E-state index in [1.807, 2.05) is 27.0 Å². The lowest BCUT2D eigenvalue weighted by atomic mass is 9.67. The van der Waals surface area contributed by atoms with E-state index in [0.717, 1.165) is 23.5 Å². The maximum Gasteiger partial charge on any atom is 0.315 e. The van der Waals surface area contributed by atoms with Gasteiger partial charge in [0.2, 0.25) is 0 Å². The van der Waals surface area contributed by atoms with Crippen LogP contribution in [0.15, 0.2) is 22.3 Å². The number of rotatable bonds is 2. The molecule has 0 N–H and O–H groups in total. The molecule has 2 heterocycles. The van der Waals surface area contributed by atoms with Gasteiger partial charge in [0.05, 0.1) is 12.8 Å². The molecular formula is C19H25N3O3. The van der Waals surface area contributed by atoms with Gasteiger partial charge in [-0.1, -0.05) is 13.8 Å². The van der Waals surface area contributed by atoms with Crippen molar-refractivity contribution < 1.29 is 14.3 Å². The van der Waals surface area contributed by atoms with E-state index in [9.17, 15) is 9.59 Å². The number of aryl methyl sites for hydroxylation is 2. The van der Waals surface area contributed by atoms with Crippen molar-refractivity contribution in [2.45, 2.75) is 46.5 Å². The van der Waals surface area contributed by atoms with E-state index < -0.39 is 11.8 Å². The molecule has 6 heteroatoms. The molecule has 2 aliphatic rings. The Hall–Kier alpha value is -2.24. The molecule has 1 aliphatic heterocycles. The van der Waals surface area contributed by atoms with E-state index >= 15 is 0 Å². The molecule has 6 nitrogen and oxygen atoms in total. The van der Waals surface area contributed by atoms with Gasteiger partial charge in [-0.25, -0.2) is 0 Å². The largest absolute Gasteiger partial charge is 0.468 e. The normalized spacial score (nSPS) is 25.5. The first kappa shape index (κ1) is 17.6. The fourth-order valence-electron chi connectivity index (χ4n) is 4.12. The number of carbonyl (C=O) groups excluding carboxylic acids is 2. The molecule has 134 valence electrons. The zero-order valence-corrected chi connectivity index (χ0v) is 15.7. The molecule has 1 aromatic heterocycles. The number of nitrogens with zero attached hydrogens (tertiary/aromatic N) is 3. The number of ketones is 1. The third-order valence-corrected chi connectivity index (χ3v) is 5.11. The molecule has 0 saturated heterocycles. The van der Waals surface area contributed by atoms with Crippen LogP contribution in [-0.4, -0.2) is 34.4 Å². The number of aliphatic imine (C=N–C) groups is 1. The predicted octanol–water partition coefficient (Wildman–Crippen LogP) is 2.72. The monoisotopic (exact) mass is 343 g/mol. The van der Waals surface area contributed by atoms with Crippen molar-refractivity contribution in [2.75, 3.05) is 7.11 Å². The molecule has 0 saturated carbocycles. The molecule has 0 fully saturated rings. The van der Waals surface area contributed by atoms with Crippen molar-refractivity contribution in [2.24, 2.45) is 23.4 Å². The fourth-order valence-corrected chi connectivity index (χ4v) is 4.12. The van der Waals surface area contributed by atoms with Crippen LogP contribution in [0.5, 0.6) is 0 Å². The van der Waals surface area contributed by atoms with E-state index in [4.69, 9.17) is 4.74 Å². The van der Waals surface area contributed by atoms with Crippen LogP contribution in [0, 0.1) is 18.3 Å². The number of aromatic nitrogens is 2. The third kappa shape index (κ3) is 2.94. The molecule has 1 aliphatic carbocycles. The van der Waals surface area contributed by atoms with Crippen LogP contribution in [0.25, 0.3) is 0 Å². The molecule has 0 bridgehead atoms. The van der Waals surface area contributed by atoms with Crippen LogP contribution >= 0.6 is 0 Å². The van der Waals surface area contributed by atoms with Crippen molar-refractivity contribution in [3.63, 3.8) is 0 Å². The van der Waals surface area contributed by atoms with E-state index in [0.29, 0.717) is 17.7 Å². The average Bonchev–Trinajstić information content (AvgIpc) is 2.82. The topological polar surface area (TPSA) is 73.6 Å². The van der Waals surface area contributed by atoms with Gasteiger partial charge in [-0.15, -0.1) is 0 Å². The predicted molar refractivity (Wildman–Crippen MR) is 94.3 cm³/mol. The van der Waals surface area contributed by atoms with Crippen molar-refractivity contribution in [3.05, 3.63) is 28.7 Å². The van der Waals surface area contributed by atoms with E-state index in [1.165, 1.54) is 7.11 Å². The second kappa shape index (κ2) is 5.93. The maximum atomic E-state index is 13.0. The number of methoxy groups -OCH3 is 1. The van der Waals surface area contributed by atoms with E-state index in [-0.39, 0.29) is 17.2 Å². The Morgan fingerprint density at radius 2 is 2.00 bits per heavy atom. The van der Waals surface area contributed by atoms with Gasteiger partial charge in [0.15, 0.2) is 5.78 Å². The summed E-state index contributed by atoms with van der Waals surface area (Å²) in [5, 5.41) is 4.41. The van der Waals surface area contributed by atoms with E-state index in [1.54, 1.807) is 4.68 Å². The highest BCUT2D eigenvalue weighted by atomic mass is 16.5. The van der Waals surface area contributed by atoms with E-state index in [2.05, 4.69) is 23.9 Å². The number of allylic oxidation sites excluding steroid dienone is 2. The van der Waals surface area contributed by atoms with Crippen molar-refractivity contribution in [1.29, 1.82) is 0 Å². The maximum absolute atomic E-state index is 13.0. The third-order valence-electron chi connectivity index (χ3n) is 5.11. The summed E-state index contributed by atoms with van der Waals surface area (Å²) < 4.78 is 6.79. The van der Waals surface area contributed by atoms with Crippen LogP contribution in [0.2, 0.25) is 0 Å². The number of ether oxygens (including phenoxy) is 1. The highest BCUT2D eigenvalue weighted by Gasteiger charge is 2.46. The lowest BCUT2D eigenvalue weighted by Crippen LogP contribution is -2.40. The number of esters is 1. The summed E-state index contributed by atoms with van der Waals surface area (Å²) in [4.78, 5) is 30.2. The molecule has 0 aromatic carbocycles. The minimum atomic E-state index is -0.594. The first-order valence-corrected chi connectivity index (χ1v) is 8.54. The second-order valence-electron chi connectivity index (χ2n) is 7.87. The zero-order valence-electron chi connectivity index (χ0n) is 15.7. The lowest BCUT2D eigenvalue weighted by Gasteiger charge is -2.38. The number of carbonyl (C=O) groups is 2. The quantitative estimate of drug-likeness (QED) is 0.774. The Morgan fingerprint density at radius 1 is 1.32 bits per heavy atom. The van der Waals surface area contributed by atoms with Gasteiger partial charge < -0.3 is 4.74 Å². The van der Waals surface area contributed by atoms with Crippen LogP contribution in [0.1, 0.15) is 50.9 Å². The molecule has 1 aromatic rings. The standard InChI is InChI=1S/C19H25N3O3/c1-10-7-13(22(5)21-10)17-15(18(24)25-6)11(2)20-12-8-19(3,4)9-14(23)16(12)17/h7,15,17H,8-9H2,1-6H3/t15?,17-/m0/s1. The summed E-state index contributed by atoms with van der Waals surface area (Å²) in [5.74, 6) is -1.28. The molecule has 1 unspecified atom stereocenters. The van der Waals surface area contributed by atoms with Crippen molar-refractivity contribution in [1.82, 2.24) is 9.78 Å². The number of hydrogen-bond donors (Lipinski definition) is 0. The molecule has 2 atom stereocenters.